The average Bonchev–Trinajstić information content (AvgIpc) is 3.30. The first-order chi connectivity index (χ1) is 16.0. The summed E-state index contributed by atoms with van der Waals surface area (Å²) in [5.41, 5.74) is 3.50. The third kappa shape index (κ3) is 6.15. The van der Waals surface area contributed by atoms with E-state index < -0.39 is 11.5 Å². The van der Waals surface area contributed by atoms with Crippen LogP contribution in [0.3, 0.4) is 0 Å². The van der Waals surface area contributed by atoms with Crippen molar-refractivity contribution in [2.75, 3.05) is 0 Å². The first-order valence-corrected chi connectivity index (χ1v) is 11.8. The Labute approximate surface area is 200 Å². The minimum absolute atomic E-state index is 0.0563. The van der Waals surface area contributed by atoms with Crippen molar-refractivity contribution in [1.29, 1.82) is 0 Å². The molecule has 0 aliphatic rings. The smallest absolute Gasteiger partial charge is 0.364 e. The van der Waals surface area contributed by atoms with E-state index in [0.717, 1.165) is 33.2 Å². The molecule has 2 heterocycles. The number of aromatic amines is 2. The van der Waals surface area contributed by atoms with Gasteiger partial charge in [-0.15, -0.1) is 11.8 Å². The molecule has 33 heavy (non-hydrogen) atoms. The van der Waals surface area contributed by atoms with Gasteiger partial charge in [0.1, 0.15) is 0 Å². The van der Waals surface area contributed by atoms with Gasteiger partial charge in [-0.3, -0.25) is 9.89 Å². The van der Waals surface area contributed by atoms with Gasteiger partial charge >= 0.3 is 5.97 Å². The lowest BCUT2D eigenvalue weighted by molar-refractivity contribution is 0.0726. The molecule has 0 unspecified atom stereocenters. The van der Waals surface area contributed by atoms with Crippen LogP contribution in [0.15, 0.2) is 76.6 Å². The maximum Gasteiger partial charge on any atom is 0.364 e. The van der Waals surface area contributed by atoms with E-state index in [4.69, 9.17) is 16.3 Å². The minimum Gasteiger partial charge on any atom is -0.416 e. The number of thioether (sulfide) groups is 1. The second kappa shape index (κ2) is 10.6. The molecule has 0 saturated carbocycles. The molecule has 0 spiro atoms. The van der Waals surface area contributed by atoms with Crippen molar-refractivity contribution in [2.45, 2.75) is 30.4 Å². The number of rotatable bonds is 8. The Bertz CT molecular complexity index is 1320. The van der Waals surface area contributed by atoms with Crippen LogP contribution in [0.1, 0.15) is 32.9 Å². The topological polar surface area (TPSA) is 87.8 Å². The predicted molar refractivity (Wildman–Crippen MR) is 130 cm³/mol. The first-order valence-electron chi connectivity index (χ1n) is 10.4. The van der Waals surface area contributed by atoms with Gasteiger partial charge < -0.3 is 9.72 Å². The van der Waals surface area contributed by atoms with Crippen molar-refractivity contribution in [3.05, 3.63) is 110 Å². The molecule has 168 valence electrons. The molecule has 0 saturated heterocycles. The molecule has 4 rings (SSSR count). The lowest BCUT2D eigenvalue weighted by Crippen LogP contribution is -2.17. The average molecular weight is 480 g/mol. The Balaban J connectivity index is 1.38. The van der Waals surface area contributed by atoms with Crippen molar-refractivity contribution in [3.8, 4) is 5.75 Å². The van der Waals surface area contributed by atoms with Crippen molar-refractivity contribution >= 4 is 29.3 Å². The normalized spacial score (nSPS) is 10.8. The standard InChI is InChI=1S/C25H22ClN3O3S/c1-16-11-20(9-10-21(16)26)33-15-18-12-23(24(30)27-14-18)32-25(31)22-13-19(28-29-22)8-7-17-5-3-2-4-6-17/h2-6,9-14H,7-8,15H2,1H3,(H,27,30)(H,28,29). The highest BCUT2D eigenvalue weighted by atomic mass is 35.5. The monoisotopic (exact) mass is 479 g/mol. The minimum atomic E-state index is -0.680. The fourth-order valence-corrected chi connectivity index (χ4v) is 4.25. The lowest BCUT2D eigenvalue weighted by Gasteiger charge is -2.06. The summed E-state index contributed by atoms with van der Waals surface area (Å²) >= 11 is 7.67. The molecule has 0 aliphatic heterocycles. The zero-order chi connectivity index (χ0) is 23.2. The second-order valence-electron chi connectivity index (χ2n) is 7.55. The maximum atomic E-state index is 12.5. The van der Waals surface area contributed by atoms with Crippen LogP contribution in [0.25, 0.3) is 0 Å². The van der Waals surface area contributed by atoms with E-state index in [-0.39, 0.29) is 11.4 Å². The molecule has 4 aromatic rings. The number of aromatic nitrogens is 3. The van der Waals surface area contributed by atoms with Gasteiger partial charge in [0.15, 0.2) is 11.4 Å². The predicted octanol–water partition coefficient (Wildman–Crippen LogP) is 5.36. The quantitative estimate of drug-likeness (QED) is 0.262. The van der Waals surface area contributed by atoms with Gasteiger partial charge in [-0.05, 0) is 66.8 Å². The Morgan fingerprint density at radius 3 is 2.67 bits per heavy atom. The largest absolute Gasteiger partial charge is 0.416 e. The zero-order valence-electron chi connectivity index (χ0n) is 17.9. The molecule has 0 bridgehead atoms. The van der Waals surface area contributed by atoms with Crippen LogP contribution in [0.4, 0.5) is 0 Å². The van der Waals surface area contributed by atoms with Gasteiger partial charge in [-0.2, -0.15) is 5.10 Å². The van der Waals surface area contributed by atoms with Gasteiger partial charge in [-0.1, -0.05) is 41.9 Å². The summed E-state index contributed by atoms with van der Waals surface area (Å²) in [5.74, 6) is -0.144. The highest BCUT2D eigenvalue weighted by molar-refractivity contribution is 7.98. The van der Waals surface area contributed by atoms with Crippen LogP contribution in [0.5, 0.6) is 5.75 Å². The Morgan fingerprint density at radius 1 is 1.06 bits per heavy atom. The number of H-pyrrole nitrogens is 2. The van der Waals surface area contributed by atoms with Crippen molar-refractivity contribution in [3.63, 3.8) is 0 Å². The maximum absolute atomic E-state index is 12.5. The molecule has 2 aromatic carbocycles. The molecule has 0 amide bonds. The lowest BCUT2D eigenvalue weighted by atomic mass is 10.1. The van der Waals surface area contributed by atoms with Crippen LogP contribution < -0.4 is 10.3 Å². The van der Waals surface area contributed by atoms with Crippen LogP contribution >= 0.6 is 23.4 Å². The number of hydrogen-bond acceptors (Lipinski definition) is 5. The molecule has 0 atom stereocenters. The molecule has 0 fully saturated rings. The van der Waals surface area contributed by atoms with Gasteiger partial charge in [0.2, 0.25) is 0 Å². The number of nitrogens with zero attached hydrogens (tertiary/aromatic N) is 1. The first kappa shape index (κ1) is 22.9. The number of halogens is 1. The fraction of sp³-hybridized carbons (Fsp3) is 0.160. The molecule has 0 aliphatic carbocycles. The Hall–Kier alpha value is -3.29. The number of carbonyl (C=O) groups is 1. The van der Waals surface area contributed by atoms with E-state index in [1.807, 2.05) is 43.3 Å². The highest BCUT2D eigenvalue weighted by Crippen LogP contribution is 2.27. The Kier molecular flexibility index (Phi) is 7.32. The third-order valence-electron chi connectivity index (χ3n) is 5.03. The summed E-state index contributed by atoms with van der Waals surface area (Å²) in [6.07, 6.45) is 3.15. The number of carbonyl (C=O) groups excluding carboxylic acids is 1. The highest BCUT2D eigenvalue weighted by Gasteiger charge is 2.16. The van der Waals surface area contributed by atoms with E-state index in [1.54, 1.807) is 30.1 Å². The Morgan fingerprint density at radius 2 is 1.88 bits per heavy atom. The summed E-state index contributed by atoms with van der Waals surface area (Å²) in [5, 5.41) is 7.63. The van der Waals surface area contributed by atoms with E-state index in [2.05, 4.69) is 27.3 Å². The molecule has 2 aromatic heterocycles. The molecule has 2 N–H and O–H groups in total. The van der Waals surface area contributed by atoms with Crippen molar-refractivity contribution in [1.82, 2.24) is 15.2 Å². The summed E-state index contributed by atoms with van der Waals surface area (Å²) in [6.45, 7) is 1.95. The van der Waals surface area contributed by atoms with Gasteiger partial charge in [0, 0.05) is 27.6 Å². The number of hydrogen-bond donors (Lipinski definition) is 2. The van der Waals surface area contributed by atoms with Crippen molar-refractivity contribution in [2.24, 2.45) is 0 Å². The molecular weight excluding hydrogens is 458 g/mol. The van der Waals surface area contributed by atoms with E-state index in [0.29, 0.717) is 12.2 Å². The summed E-state index contributed by atoms with van der Waals surface area (Å²) in [7, 11) is 0. The summed E-state index contributed by atoms with van der Waals surface area (Å²) < 4.78 is 5.34. The van der Waals surface area contributed by atoms with Gasteiger partial charge in [0.25, 0.3) is 5.56 Å². The molecule has 8 heteroatoms. The summed E-state index contributed by atoms with van der Waals surface area (Å²) in [6, 6.07) is 19.1. The number of ether oxygens (including phenoxy) is 1. The number of esters is 1. The van der Waals surface area contributed by atoms with Crippen LogP contribution in [0.2, 0.25) is 5.02 Å². The summed E-state index contributed by atoms with van der Waals surface area (Å²) in [4.78, 5) is 28.4. The number of pyridine rings is 1. The van der Waals surface area contributed by atoms with E-state index in [9.17, 15) is 9.59 Å². The third-order valence-corrected chi connectivity index (χ3v) is 6.52. The fourth-order valence-electron chi connectivity index (χ4n) is 3.21. The number of benzene rings is 2. The zero-order valence-corrected chi connectivity index (χ0v) is 19.5. The molecule has 6 nitrogen and oxygen atoms in total. The second-order valence-corrected chi connectivity index (χ2v) is 9.01. The van der Waals surface area contributed by atoms with E-state index in [1.165, 1.54) is 5.56 Å². The van der Waals surface area contributed by atoms with Crippen LogP contribution in [-0.4, -0.2) is 21.2 Å². The van der Waals surface area contributed by atoms with Gasteiger partial charge in [-0.25, -0.2) is 4.79 Å². The molecular formula is C25H22ClN3O3S. The van der Waals surface area contributed by atoms with E-state index >= 15 is 0 Å². The number of aryl methyl sites for hydroxylation is 3. The van der Waals surface area contributed by atoms with Crippen LogP contribution in [-0.2, 0) is 18.6 Å². The molecule has 0 radical (unpaired) electrons. The number of nitrogens with one attached hydrogen (secondary N) is 2. The van der Waals surface area contributed by atoms with Gasteiger partial charge in [0.05, 0.1) is 0 Å². The SMILES string of the molecule is Cc1cc(SCc2c[nH]c(=O)c(OC(=O)c3cc(CCc4ccccc4)[nH]n3)c2)ccc1Cl. The van der Waals surface area contributed by atoms with Crippen molar-refractivity contribution < 1.29 is 9.53 Å². The van der Waals surface area contributed by atoms with Crippen LogP contribution in [0, 0.1) is 6.92 Å².